The predicted molar refractivity (Wildman–Crippen MR) is 98.9 cm³/mol. The molecule has 0 radical (unpaired) electrons. The molecule has 1 heterocycles. The van der Waals surface area contributed by atoms with Crippen LogP contribution in [0.2, 0.25) is 5.02 Å². The highest BCUT2D eigenvalue weighted by molar-refractivity contribution is 6.31. The highest BCUT2D eigenvalue weighted by atomic mass is 35.5. The van der Waals surface area contributed by atoms with Crippen LogP contribution in [0.1, 0.15) is 28.4 Å². The lowest BCUT2D eigenvalue weighted by molar-refractivity contribution is -0.141. The summed E-state index contributed by atoms with van der Waals surface area (Å²) in [4.78, 5) is 35.8. The van der Waals surface area contributed by atoms with Gasteiger partial charge in [0.25, 0.3) is 11.8 Å². The van der Waals surface area contributed by atoms with Crippen LogP contribution in [0.15, 0.2) is 42.5 Å². The van der Waals surface area contributed by atoms with Gasteiger partial charge in [-0.05, 0) is 29.8 Å². The van der Waals surface area contributed by atoms with E-state index >= 15 is 0 Å². The molecule has 1 atom stereocenters. The number of methoxy groups -OCH3 is 1. The average Bonchev–Trinajstić information content (AvgIpc) is 2.67. The fraction of sp³-hybridized carbons (Fsp3) is 0.211. The molecular weight excluding hydrogens is 372 g/mol. The predicted octanol–water partition coefficient (Wildman–Crippen LogP) is 2.71. The first-order valence-corrected chi connectivity index (χ1v) is 8.54. The minimum Gasteiger partial charge on any atom is -0.482 e. The van der Waals surface area contributed by atoms with Crippen LogP contribution in [0.25, 0.3) is 0 Å². The maximum atomic E-state index is 12.7. The standard InChI is InChI=1S/C19H17ClN2O5/c1-26-18(24)9-15(12-4-2-3-5-13(12)20)22-19(25)11-6-7-14-16(8-11)27-10-17(23)21-14/h2-8,15H,9-10H2,1H3,(H,21,23)(H,22,25)/t15-/m0/s1. The highest BCUT2D eigenvalue weighted by Crippen LogP contribution is 2.30. The second-order valence-corrected chi connectivity index (χ2v) is 6.28. The number of fused-ring (bicyclic) bond motifs is 1. The lowest BCUT2D eigenvalue weighted by Gasteiger charge is -2.21. The molecule has 2 N–H and O–H groups in total. The van der Waals surface area contributed by atoms with Crippen molar-refractivity contribution in [1.29, 1.82) is 0 Å². The van der Waals surface area contributed by atoms with E-state index < -0.39 is 17.9 Å². The molecule has 7 nitrogen and oxygen atoms in total. The summed E-state index contributed by atoms with van der Waals surface area (Å²) in [6.07, 6.45) is -0.0660. The lowest BCUT2D eigenvalue weighted by Crippen LogP contribution is -2.31. The van der Waals surface area contributed by atoms with E-state index in [9.17, 15) is 14.4 Å². The molecule has 2 aromatic carbocycles. The molecule has 0 aromatic heterocycles. The zero-order valence-corrected chi connectivity index (χ0v) is 15.2. The summed E-state index contributed by atoms with van der Waals surface area (Å²) in [5.74, 6) is -0.732. The van der Waals surface area contributed by atoms with Crippen LogP contribution in [0, 0.1) is 0 Å². The quantitative estimate of drug-likeness (QED) is 0.768. The molecular formula is C19H17ClN2O5. The Labute approximate surface area is 160 Å². The van der Waals surface area contributed by atoms with Crippen molar-refractivity contribution in [2.24, 2.45) is 0 Å². The molecule has 2 aromatic rings. The summed E-state index contributed by atoms with van der Waals surface area (Å²) in [5, 5.41) is 5.90. The third kappa shape index (κ3) is 4.38. The molecule has 1 aliphatic heterocycles. The third-order valence-corrected chi connectivity index (χ3v) is 4.41. The van der Waals surface area contributed by atoms with Gasteiger partial charge in [0, 0.05) is 10.6 Å². The van der Waals surface area contributed by atoms with Gasteiger partial charge in [-0.15, -0.1) is 0 Å². The van der Waals surface area contributed by atoms with Crippen LogP contribution >= 0.6 is 11.6 Å². The molecule has 8 heteroatoms. The molecule has 0 aliphatic carbocycles. The minimum absolute atomic E-state index is 0.0660. The van der Waals surface area contributed by atoms with E-state index in [0.717, 1.165) is 0 Å². The summed E-state index contributed by atoms with van der Waals surface area (Å²) in [5.41, 5.74) is 1.44. The van der Waals surface area contributed by atoms with E-state index in [-0.39, 0.29) is 18.9 Å². The molecule has 0 bridgehead atoms. The Hall–Kier alpha value is -3.06. The smallest absolute Gasteiger partial charge is 0.307 e. The van der Waals surface area contributed by atoms with E-state index in [1.165, 1.54) is 13.2 Å². The van der Waals surface area contributed by atoms with Crippen LogP contribution in [-0.4, -0.2) is 31.5 Å². The number of ether oxygens (including phenoxy) is 2. The van der Waals surface area contributed by atoms with Gasteiger partial charge < -0.3 is 20.1 Å². The molecule has 0 spiro atoms. The van der Waals surface area contributed by atoms with E-state index in [1.54, 1.807) is 36.4 Å². The second kappa shape index (κ2) is 8.09. The zero-order chi connectivity index (χ0) is 19.4. The van der Waals surface area contributed by atoms with Crippen molar-refractivity contribution in [2.45, 2.75) is 12.5 Å². The van der Waals surface area contributed by atoms with Crippen LogP contribution in [0.3, 0.4) is 0 Å². The van der Waals surface area contributed by atoms with E-state index in [4.69, 9.17) is 21.1 Å². The van der Waals surface area contributed by atoms with Crippen molar-refractivity contribution in [3.63, 3.8) is 0 Å². The van der Waals surface area contributed by atoms with Crippen molar-refractivity contribution >= 4 is 35.1 Å². The first-order valence-electron chi connectivity index (χ1n) is 8.16. The third-order valence-electron chi connectivity index (χ3n) is 4.06. The van der Waals surface area contributed by atoms with Gasteiger partial charge in [-0.3, -0.25) is 14.4 Å². The molecule has 1 aliphatic rings. The number of halogens is 1. The number of carbonyl (C=O) groups excluding carboxylic acids is 3. The molecule has 0 saturated carbocycles. The molecule has 0 fully saturated rings. The normalized spacial score (nSPS) is 13.6. The first-order chi connectivity index (χ1) is 13.0. The number of hydrogen-bond acceptors (Lipinski definition) is 5. The van der Waals surface area contributed by atoms with Gasteiger partial charge in [-0.2, -0.15) is 0 Å². The van der Waals surface area contributed by atoms with Gasteiger partial charge in [-0.1, -0.05) is 29.8 Å². The molecule has 27 heavy (non-hydrogen) atoms. The maximum Gasteiger partial charge on any atom is 0.307 e. The number of nitrogens with one attached hydrogen (secondary N) is 2. The van der Waals surface area contributed by atoms with Gasteiger partial charge in [0.15, 0.2) is 6.61 Å². The van der Waals surface area contributed by atoms with E-state index in [0.29, 0.717) is 27.6 Å². The number of amides is 2. The number of hydrogen-bond donors (Lipinski definition) is 2. The molecule has 0 saturated heterocycles. The average molecular weight is 389 g/mol. The fourth-order valence-electron chi connectivity index (χ4n) is 2.70. The fourth-order valence-corrected chi connectivity index (χ4v) is 2.97. The highest BCUT2D eigenvalue weighted by Gasteiger charge is 2.23. The van der Waals surface area contributed by atoms with Crippen molar-refractivity contribution in [1.82, 2.24) is 5.32 Å². The largest absolute Gasteiger partial charge is 0.482 e. The van der Waals surface area contributed by atoms with Crippen molar-refractivity contribution in [3.8, 4) is 5.75 Å². The molecule has 0 unspecified atom stereocenters. The molecule has 140 valence electrons. The Bertz CT molecular complexity index is 899. The van der Waals surface area contributed by atoms with Crippen molar-refractivity contribution in [2.75, 3.05) is 19.0 Å². The van der Waals surface area contributed by atoms with E-state index in [1.807, 2.05) is 0 Å². The van der Waals surface area contributed by atoms with E-state index in [2.05, 4.69) is 10.6 Å². The van der Waals surface area contributed by atoms with Crippen LogP contribution < -0.4 is 15.4 Å². The van der Waals surface area contributed by atoms with Crippen molar-refractivity contribution in [3.05, 3.63) is 58.6 Å². The summed E-state index contributed by atoms with van der Waals surface area (Å²) >= 11 is 6.22. The van der Waals surface area contributed by atoms with Gasteiger partial charge in [0.2, 0.25) is 0 Å². The van der Waals surface area contributed by atoms with Gasteiger partial charge in [0.05, 0.1) is 25.3 Å². The summed E-state index contributed by atoms with van der Waals surface area (Å²) < 4.78 is 10.1. The zero-order valence-electron chi connectivity index (χ0n) is 14.5. The Morgan fingerprint density at radius 3 is 2.81 bits per heavy atom. The first kappa shape index (κ1) is 18.7. The SMILES string of the molecule is COC(=O)C[C@H](NC(=O)c1ccc2c(c1)OCC(=O)N2)c1ccccc1Cl. The number of rotatable bonds is 5. The summed E-state index contributed by atoms with van der Waals surface area (Å²) in [7, 11) is 1.28. The Kier molecular flexibility index (Phi) is 5.61. The number of benzene rings is 2. The minimum atomic E-state index is -0.657. The van der Waals surface area contributed by atoms with Gasteiger partial charge >= 0.3 is 5.97 Å². The summed E-state index contributed by atoms with van der Waals surface area (Å²) in [6.45, 7) is -0.108. The lowest BCUT2D eigenvalue weighted by atomic mass is 10.0. The number of esters is 1. The second-order valence-electron chi connectivity index (χ2n) is 5.88. The Balaban J connectivity index is 1.83. The molecule has 2 amide bonds. The monoisotopic (exact) mass is 388 g/mol. The number of anilines is 1. The molecule has 3 rings (SSSR count). The van der Waals surface area contributed by atoms with Crippen molar-refractivity contribution < 1.29 is 23.9 Å². The maximum absolute atomic E-state index is 12.7. The van der Waals surface area contributed by atoms with Gasteiger partial charge in [-0.25, -0.2) is 0 Å². The Morgan fingerprint density at radius 1 is 1.30 bits per heavy atom. The number of carbonyl (C=O) groups is 3. The summed E-state index contributed by atoms with van der Waals surface area (Å²) in [6, 6.07) is 11.0. The Morgan fingerprint density at radius 2 is 2.07 bits per heavy atom. The van der Waals surface area contributed by atoms with Crippen LogP contribution in [0.4, 0.5) is 5.69 Å². The van der Waals surface area contributed by atoms with Gasteiger partial charge in [0.1, 0.15) is 5.75 Å². The van der Waals surface area contributed by atoms with Crippen LogP contribution in [-0.2, 0) is 14.3 Å². The van der Waals surface area contributed by atoms with Crippen LogP contribution in [0.5, 0.6) is 5.75 Å². The topological polar surface area (TPSA) is 93.7 Å².